The van der Waals surface area contributed by atoms with E-state index in [1.54, 1.807) is 0 Å². The van der Waals surface area contributed by atoms with Crippen LogP contribution in [-0.4, -0.2) is 28.7 Å². The van der Waals surface area contributed by atoms with Crippen LogP contribution in [0, 0.1) is 0 Å². The number of fused-ring (bicyclic) bond motifs is 12. The molecule has 0 saturated heterocycles. The normalized spacial score (nSPS) is 12.3. The van der Waals surface area contributed by atoms with Crippen molar-refractivity contribution in [2.24, 2.45) is 0 Å². The van der Waals surface area contributed by atoms with E-state index < -0.39 is 0 Å². The Hall–Kier alpha value is -6.60. The predicted molar refractivity (Wildman–Crippen MR) is 243 cm³/mol. The molecule has 6 aromatic heterocycles. The van der Waals surface area contributed by atoms with Gasteiger partial charge in [0, 0.05) is 51.3 Å². The summed E-state index contributed by atoms with van der Waals surface area (Å²) in [6.07, 6.45) is 9.61. The van der Waals surface area contributed by atoms with E-state index in [0.717, 1.165) is 77.7 Å². The molecule has 0 bridgehead atoms. The first-order chi connectivity index (χ1) is 28.6. The number of aromatic nitrogens is 6. The summed E-state index contributed by atoms with van der Waals surface area (Å²) in [5, 5.41) is 6.39. The Balaban J connectivity index is 1.22. The molecule has 0 fully saturated rings. The molecule has 0 radical (unpaired) electrons. The lowest BCUT2D eigenvalue weighted by atomic mass is 9.86. The van der Waals surface area contributed by atoms with Gasteiger partial charge in [0.25, 0.3) is 0 Å². The van der Waals surface area contributed by atoms with Crippen molar-refractivity contribution in [3.05, 3.63) is 144 Å². The van der Waals surface area contributed by atoms with Gasteiger partial charge in [-0.3, -0.25) is 13.8 Å². The number of pyridine rings is 4. The number of benzene rings is 4. The lowest BCUT2D eigenvalue weighted by Gasteiger charge is -2.21. The second kappa shape index (κ2) is 14.0. The Bertz CT molecular complexity index is 3220. The first kappa shape index (κ1) is 36.7. The molecule has 7 nitrogen and oxygen atoms in total. The van der Waals surface area contributed by atoms with E-state index >= 15 is 0 Å². The molecule has 6 heterocycles. The van der Waals surface area contributed by atoms with E-state index in [1.807, 2.05) is 30.9 Å². The van der Waals surface area contributed by atoms with Crippen LogP contribution in [0.25, 0.3) is 77.3 Å². The van der Waals surface area contributed by atoms with E-state index in [9.17, 15) is 0 Å². The number of hydrogen-bond donors (Lipinski definition) is 0. The first-order valence-electron chi connectivity index (χ1n) is 20.9. The molecule has 0 amide bonds. The molecule has 7 heteroatoms. The highest BCUT2D eigenvalue weighted by Crippen LogP contribution is 2.42. The van der Waals surface area contributed by atoms with Crippen LogP contribution in [-0.2, 0) is 0 Å². The fourth-order valence-electron chi connectivity index (χ4n) is 9.25. The molecule has 0 N–H and O–H groups in total. The van der Waals surface area contributed by atoms with E-state index in [0.29, 0.717) is 23.7 Å². The van der Waals surface area contributed by atoms with E-state index in [-0.39, 0.29) is 0 Å². The number of rotatable bonds is 8. The zero-order valence-corrected chi connectivity index (χ0v) is 34.9. The van der Waals surface area contributed by atoms with Gasteiger partial charge in [0.2, 0.25) is 0 Å². The summed E-state index contributed by atoms with van der Waals surface area (Å²) in [6, 6.07) is 32.6. The van der Waals surface area contributed by atoms with Crippen LogP contribution in [0.15, 0.2) is 122 Å². The van der Waals surface area contributed by atoms with Crippen LogP contribution in [0.1, 0.15) is 101 Å². The van der Waals surface area contributed by atoms with Gasteiger partial charge in [-0.1, -0.05) is 91.8 Å². The maximum Gasteiger partial charge on any atom is 0.147 e. The van der Waals surface area contributed by atoms with Crippen molar-refractivity contribution in [3.8, 4) is 34.0 Å². The third-order valence-corrected chi connectivity index (χ3v) is 12.1. The molecule has 0 aliphatic carbocycles. The van der Waals surface area contributed by atoms with Crippen LogP contribution < -0.4 is 4.74 Å². The highest BCUT2D eigenvalue weighted by molar-refractivity contribution is 6.13. The minimum Gasteiger partial charge on any atom is -0.457 e. The summed E-state index contributed by atoms with van der Waals surface area (Å²) in [6.45, 7) is 18.2. The summed E-state index contributed by atoms with van der Waals surface area (Å²) in [5.41, 5.74) is 13.4. The number of ether oxygens (including phenoxy) is 1. The molecular formula is C52H48N6O. The van der Waals surface area contributed by atoms with Gasteiger partial charge < -0.3 is 4.74 Å². The molecule has 0 atom stereocenters. The van der Waals surface area contributed by atoms with Crippen LogP contribution >= 0.6 is 0 Å². The van der Waals surface area contributed by atoms with Gasteiger partial charge in [0.1, 0.15) is 28.4 Å². The lowest BCUT2D eigenvalue weighted by Crippen LogP contribution is -2.05. The van der Waals surface area contributed by atoms with Crippen LogP contribution in [0.5, 0.6) is 11.5 Å². The number of hydrogen-bond acceptors (Lipinski definition) is 5. The Kier molecular flexibility index (Phi) is 8.74. The summed E-state index contributed by atoms with van der Waals surface area (Å²) in [5.74, 6) is 2.79. The van der Waals surface area contributed by atoms with Gasteiger partial charge in [-0.15, -0.1) is 0 Å². The smallest absolute Gasteiger partial charge is 0.147 e. The van der Waals surface area contributed by atoms with Gasteiger partial charge in [-0.2, -0.15) is 0 Å². The number of imidazole rings is 2. The summed E-state index contributed by atoms with van der Waals surface area (Å²) in [4.78, 5) is 20.0. The second-order valence-electron chi connectivity index (χ2n) is 17.1. The molecule has 10 aromatic rings. The number of nitrogens with zero attached hydrogens (tertiary/aromatic N) is 6. The molecule has 4 aromatic carbocycles. The Morgan fingerprint density at radius 2 is 1.07 bits per heavy atom. The third kappa shape index (κ3) is 5.85. The largest absolute Gasteiger partial charge is 0.457 e. The van der Waals surface area contributed by atoms with E-state index in [1.165, 1.54) is 33.4 Å². The minimum atomic E-state index is 0.316. The molecule has 0 spiro atoms. The van der Waals surface area contributed by atoms with Crippen molar-refractivity contribution in [1.29, 1.82) is 0 Å². The van der Waals surface area contributed by atoms with Gasteiger partial charge in [-0.05, 0) is 111 Å². The summed E-state index contributed by atoms with van der Waals surface area (Å²) in [7, 11) is 0. The maximum absolute atomic E-state index is 6.73. The fourth-order valence-corrected chi connectivity index (χ4v) is 9.25. The van der Waals surface area contributed by atoms with Gasteiger partial charge in [0.15, 0.2) is 0 Å². The average Bonchev–Trinajstić information content (AvgIpc) is 3.92. The fraction of sp³-hybridized carbons (Fsp3) is 0.231. The van der Waals surface area contributed by atoms with Crippen LogP contribution in [0.2, 0.25) is 0 Å². The van der Waals surface area contributed by atoms with Gasteiger partial charge in [-0.25, -0.2) is 15.0 Å². The molecule has 292 valence electrons. The monoisotopic (exact) mass is 772 g/mol. The van der Waals surface area contributed by atoms with Crippen molar-refractivity contribution >= 4 is 54.8 Å². The minimum absolute atomic E-state index is 0.316. The Morgan fingerprint density at radius 3 is 1.69 bits per heavy atom. The zero-order valence-electron chi connectivity index (χ0n) is 34.9. The van der Waals surface area contributed by atoms with Crippen LogP contribution in [0.4, 0.5) is 0 Å². The van der Waals surface area contributed by atoms with E-state index in [4.69, 9.17) is 19.7 Å². The summed E-state index contributed by atoms with van der Waals surface area (Å²) < 4.78 is 11.1. The third-order valence-electron chi connectivity index (χ3n) is 12.1. The first-order valence-corrected chi connectivity index (χ1v) is 20.9. The lowest BCUT2D eigenvalue weighted by molar-refractivity contribution is 0.484. The quantitative estimate of drug-likeness (QED) is 0.144. The molecule has 0 unspecified atom stereocenters. The maximum atomic E-state index is 6.73. The van der Waals surface area contributed by atoms with Crippen LogP contribution in [0.3, 0.4) is 0 Å². The topological polar surface area (TPSA) is 69.6 Å². The second-order valence-corrected chi connectivity index (χ2v) is 17.1. The zero-order chi connectivity index (χ0) is 40.7. The standard InChI is InChI=1S/C52H48N6O/c1-29(2)35-11-9-12-36(30(3)4)48(35)45-20-19-42-40-18-16-34(59-33-15-17-39-41-21-22-53-27-46(41)57-24-23-54-50(57)43(39)25-33)26-44(40)51-55-28-47(58(51)52(42)56-45)49-37(31(5)6)13-10-14-38(49)32(7)8/h9-32H,1-8H3. The predicted octanol–water partition coefficient (Wildman–Crippen LogP) is 14.0. The van der Waals surface area contributed by atoms with Crippen molar-refractivity contribution < 1.29 is 4.74 Å². The molecule has 0 aliphatic heterocycles. The average molecular weight is 773 g/mol. The highest BCUT2D eigenvalue weighted by Gasteiger charge is 2.24. The van der Waals surface area contributed by atoms with Crippen molar-refractivity contribution in [1.82, 2.24) is 28.7 Å². The van der Waals surface area contributed by atoms with Crippen molar-refractivity contribution in [3.63, 3.8) is 0 Å². The van der Waals surface area contributed by atoms with Crippen molar-refractivity contribution in [2.75, 3.05) is 0 Å². The Morgan fingerprint density at radius 1 is 0.492 bits per heavy atom. The molecule has 59 heavy (non-hydrogen) atoms. The molecule has 10 rings (SSSR count). The summed E-state index contributed by atoms with van der Waals surface area (Å²) >= 11 is 0. The Labute approximate surface area is 344 Å². The molecule has 0 aliphatic rings. The van der Waals surface area contributed by atoms with Gasteiger partial charge in [0.05, 0.1) is 29.3 Å². The van der Waals surface area contributed by atoms with Gasteiger partial charge >= 0.3 is 0 Å². The van der Waals surface area contributed by atoms with E-state index in [2.05, 4.69) is 160 Å². The van der Waals surface area contributed by atoms with Crippen molar-refractivity contribution in [2.45, 2.75) is 79.1 Å². The molecule has 0 saturated carbocycles. The SMILES string of the molecule is CC(C)c1cccc(C(C)C)c1-c1ccc2c3ccc(Oc4ccc5c6ccncc6n6ccnc6c5c4)cc3c3ncc(-c4c(C(C)C)cccc4C(C)C)n3c2n1. The highest BCUT2D eigenvalue weighted by atomic mass is 16.5. The molecular weight excluding hydrogens is 725 g/mol.